The molecule has 0 bridgehead atoms. The van der Waals surface area contributed by atoms with E-state index in [-0.39, 0.29) is 12.5 Å². The third kappa shape index (κ3) is 5.39. The highest BCUT2D eigenvalue weighted by molar-refractivity contribution is 8.00. The van der Waals surface area contributed by atoms with E-state index in [1.54, 1.807) is 19.1 Å². The van der Waals surface area contributed by atoms with Gasteiger partial charge in [0, 0.05) is 6.20 Å². The van der Waals surface area contributed by atoms with Crippen LogP contribution in [-0.4, -0.2) is 31.0 Å². The molecule has 29 heavy (non-hydrogen) atoms. The number of aryl methyl sites for hydroxylation is 2. The van der Waals surface area contributed by atoms with Gasteiger partial charge >= 0.3 is 0 Å². The molecule has 8 nitrogen and oxygen atoms in total. The highest BCUT2D eigenvalue weighted by atomic mass is 35.5. The summed E-state index contributed by atoms with van der Waals surface area (Å²) >= 11 is 6.99. The Morgan fingerprint density at radius 3 is 2.79 bits per heavy atom. The van der Waals surface area contributed by atoms with E-state index in [2.05, 4.69) is 20.5 Å². The Kier molecular flexibility index (Phi) is 6.60. The first-order valence-corrected chi connectivity index (χ1v) is 10.1. The van der Waals surface area contributed by atoms with Gasteiger partial charge in [0.05, 0.1) is 10.3 Å². The van der Waals surface area contributed by atoms with E-state index in [1.165, 1.54) is 22.6 Å². The molecule has 0 radical (unpaired) electrons. The standard InChI is InChI=1S/C19H21ClN6O2S/c1-11-4-6-15(12(2)8-11)28-10-17-24-25-19(26(17)21)29-13(3)18(27)23-16-7-5-14(20)9-22-16/h4-9,13H,10,21H2,1-3H3,(H,22,23,27)/t13-/m1/s1. The first-order chi connectivity index (χ1) is 13.8. The molecule has 0 saturated carbocycles. The molecule has 0 aliphatic heterocycles. The number of benzene rings is 1. The average molecular weight is 433 g/mol. The van der Waals surface area contributed by atoms with Gasteiger partial charge in [0.15, 0.2) is 5.82 Å². The van der Waals surface area contributed by atoms with Crippen molar-refractivity contribution in [3.05, 3.63) is 58.5 Å². The van der Waals surface area contributed by atoms with Crippen LogP contribution < -0.4 is 15.9 Å². The van der Waals surface area contributed by atoms with Gasteiger partial charge in [-0.15, -0.1) is 10.2 Å². The zero-order valence-corrected chi connectivity index (χ0v) is 17.8. The minimum absolute atomic E-state index is 0.170. The smallest absolute Gasteiger partial charge is 0.238 e. The molecule has 3 N–H and O–H groups in total. The molecule has 0 unspecified atom stereocenters. The second-order valence-electron chi connectivity index (χ2n) is 6.44. The van der Waals surface area contributed by atoms with E-state index in [4.69, 9.17) is 22.2 Å². The number of hydrogen-bond acceptors (Lipinski definition) is 7. The lowest BCUT2D eigenvalue weighted by Crippen LogP contribution is -2.24. The second-order valence-corrected chi connectivity index (χ2v) is 8.18. The predicted molar refractivity (Wildman–Crippen MR) is 114 cm³/mol. The number of nitrogens with zero attached hydrogens (tertiary/aromatic N) is 4. The van der Waals surface area contributed by atoms with Crippen molar-refractivity contribution in [2.75, 3.05) is 11.2 Å². The van der Waals surface area contributed by atoms with Crippen LogP contribution in [0.4, 0.5) is 5.82 Å². The molecule has 0 aliphatic rings. The number of carbonyl (C=O) groups is 1. The monoisotopic (exact) mass is 432 g/mol. The van der Waals surface area contributed by atoms with Crippen LogP contribution in [0, 0.1) is 13.8 Å². The molecule has 2 heterocycles. The van der Waals surface area contributed by atoms with Crippen LogP contribution in [0.2, 0.25) is 5.02 Å². The molecule has 0 spiro atoms. The Morgan fingerprint density at radius 2 is 2.10 bits per heavy atom. The maximum Gasteiger partial charge on any atom is 0.238 e. The third-order valence-corrected chi connectivity index (χ3v) is 5.33. The van der Waals surface area contributed by atoms with Crippen LogP contribution in [0.5, 0.6) is 5.75 Å². The highest BCUT2D eigenvalue weighted by Crippen LogP contribution is 2.23. The summed E-state index contributed by atoms with van der Waals surface area (Å²) in [6.07, 6.45) is 1.47. The third-order valence-electron chi connectivity index (χ3n) is 4.05. The van der Waals surface area contributed by atoms with Gasteiger partial charge < -0.3 is 15.9 Å². The SMILES string of the molecule is Cc1ccc(OCc2nnc(S[C@H](C)C(=O)Nc3ccc(Cl)cn3)n2N)c(C)c1. The number of amides is 1. The van der Waals surface area contributed by atoms with Gasteiger partial charge in [-0.25, -0.2) is 9.66 Å². The molecule has 10 heteroatoms. The maximum atomic E-state index is 12.4. The van der Waals surface area contributed by atoms with Gasteiger partial charge in [0.25, 0.3) is 0 Å². The fourth-order valence-electron chi connectivity index (χ4n) is 2.48. The number of ether oxygens (including phenoxy) is 1. The molecule has 1 amide bonds. The Labute approximate surface area is 177 Å². The normalized spacial score (nSPS) is 11.9. The highest BCUT2D eigenvalue weighted by Gasteiger charge is 2.20. The molecule has 152 valence electrons. The van der Waals surface area contributed by atoms with Crippen molar-refractivity contribution >= 4 is 35.1 Å². The largest absolute Gasteiger partial charge is 0.485 e. The molecule has 0 aliphatic carbocycles. The van der Waals surface area contributed by atoms with Crippen LogP contribution in [0.15, 0.2) is 41.7 Å². The molecule has 3 aromatic rings. The summed E-state index contributed by atoms with van der Waals surface area (Å²) in [5, 5.41) is 11.3. The van der Waals surface area contributed by atoms with Gasteiger partial charge in [0.1, 0.15) is 18.2 Å². The molecule has 3 rings (SSSR count). The molecule has 1 atom stereocenters. The number of carbonyl (C=O) groups excluding carboxylic acids is 1. The van der Waals surface area contributed by atoms with Crippen LogP contribution >= 0.6 is 23.4 Å². The van der Waals surface area contributed by atoms with E-state index in [9.17, 15) is 4.79 Å². The van der Waals surface area contributed by atoms with E-state index in [1.807, 2.05) is 32.0 Å². The van der Waals surface area contributed by atoms with Crippen molar-refractivity contribution in [3.63, 3.8) is 0 Å². The quantitative estimate of drug-likeness (QED) is 0.435. The summed E-state index contributed by atoms with van der Waals surface area (Å²) < 4.78 is 7.13. The summed E-state index contributed by atoms with van der Waals surface area (Å²) in [5.74, 6) is 7.48. The number of hydrogen-bond donors (Lipinski definition) is 2. The number of anilines is 1. The zero-order valence-electron chi connectivity index (χ0n) is 16.2. The molecule has 2 aromatic heterocycles. The molecule has 1 aromatic carbocycles. The summed E-state index contributed by atoms with van der Waals surface area (Å²) in [5.41, 5.74) is 2.19. The fourth-order valence-corrected chi connectivity index (χ4v) is 3.38. The predicted octanol–water partition coefficient (Wildman–Crippen LogP) is 3.36. The number of halogens is 1. The van der Waals surface area contributed by atoms with Gasteiger partial charge in [-0.3, -0.25) is 4.79 Å². The zero-order chi connectivity index (χ0) is 21.0. The minimum Gasteiger partial charge on any atom is -0.485 e. The Morgan fingerprint density at radius 1 is 1.31 bits per heavy atom. The first-order valence-electron chi connectivity index (χ1n) is 8.82. The molecular weight excluding hydrogens is 412 g/mol. The topological polar surface area (TPSA) is 108 Å². The van der Waals surface area contributed by atoms with E-state index in [0.29, 0.717) is 21.8 Å². The van der Waals surface area contributed by atoms with Crippen molar-refractivity contribution < 1.29 is 9.53 Å². The van der Waals surface area contributed by atoms with Crippen molar-refractivity contribution in [1.82, 2.24) is 19.9 Å². The molecular formula is C19H21ClN6O2S. The second kappa shape index (κ2) is 9.15. The van der Waals surface area contributed by atoms with Crippen LogP contribution in [-0.2, 0) is 11.4 Å². The first kappa shape index (κ1) is 20.9. The van der Waals surface area contributed by atoms with Gasteiger partial charge in [-0.1, -0.05) is 41.1 Å². The van der Waals surface area contributed by atoms with Crippen LogP contribution in [0.1, 0.15) is 23.9 Å². The lowest BCUT2D eigenvalue weighted by atomic mass is 10.1. The van der Waals surface area contributed by atoms with Crippen LogP contribution in [0.25, 0.3) is 0 Å². The van der Waals surface area contributed by atoms with Crippen molar-refractivity contribution in [2.45, 2.75) is 37.8 Å². The maximum absolute atomic E-state index is 12.4. The van der Waals surface area contributed by atoms with Gasteiger partial charge in [0.2, 0.25) is 11.1 Å². The lowest BCUT2D eigenvalue weighted by Gasteiger charge is -2.11. The summed E-state index contributed by atoms with van der Waals surface area (Å²) in [7, 11) is 0. The number of nitrogens with one attached hydrogen (secondary N) is 1. The molecule has 0 saturated heterocycles. The Hall–Kier alpha value is -2.78. The number of thioether (sulfide) groups is 1. The lowest BCUT2D eigenvalue weighted by molar-refractivity contribution is -0.115. The Balaban J connectivity index is 1.59. The van der Waals surface area contributed by atoms with Crippen molar-refractivity contribution in [3.8, 4) is 5.75 Å². The molecule has 0 fully saturated rings. The Bertz CT molecular complexity index is 1010. The summed E-state index contributed by atoms with van der Waals surface area (Å²) in [6.45, 7) is 5.92. The van der Waals surface area contributed by atoms with Crippen molar-refractivity contribution in [2.24, 2.45) is 0 Å². The number of rotatable bonds is 7. The number of nitrogens with two attached hydrogens (primary N) is 1. The van der Waals surface area contributed by atoms with Gasteiger partial charge in [-0.2, -0.15) is 0 Å². The number of nitrogen functional groups attached to an aromatic ring is 1. The minimum atomic E-state index is -0.466. The summed E-state index contributed by atoms with van der Waals surface area (Å²) in [4.78, 5) is 16.4. The van der Waals surface area contributed by atoms with Crippen LogP contribution in [0.3, 0.4) is 0 Å². The van der Waals surface area contributed by atoms with E-state index < -0.39 is 5.25 Å². The van der Waals surface area contributed by atoms with Gasteiger partial charge in [-0.05, 0) is 44.5 Å². The number of pyridine rings is 1. The van der Waals surface area contributed by atoms with E-state index in [0.717, 1.165) is 16.9 Å². The average Bonchev–Trinajstić information content (AvgIpc) is 3.02. The fraction of sp³-hybridized carbons (Fsp3) is 0.263. The van der Waals surface area contributed by atoms with Crippen molar-refractivity contribution in [1.29, 1.82) is 0 Å². The van der Waals surface area contributed by atoms with E-state index >= 15 is 0 Å². The summed E-state index contributed by atoms with van der Waals surface area (Å²) in [6, 6.07) is 9.22. The number of aromatic nitrogens is 4.